The zero-order valence-electron chi connectivity index (χ0n) is 16.1. The Kier molecular flexibility index (Phi) is 5.85. The van der Waals surface area contributed by atoms with Crippen LogP contribution >= 0.6 is 11.6 Å². The number of nitrogens with one attached hydrogen (secondary N) is 1. The van der Waals surface area contributed by atoms with E-state index < -0.39 is 10.0 Å². The average Bonchev–Trinajstić information content (AvgIpc) is 2.78. The highest BCUT2D eigenvalue weighted by molar-refractivity contribution is 7.89. The Labute approximate surface area is 180 Å². The maximum Gasteiger partial charge on any atom is 0.258 e. The third kappa shape index (κ3) is 4.38. The third-order valence-electron chi connectivity index (χ3n) is 5.01. The van der Waals surface area contributed by atoms with Gasteiger partial charge in [0, 0.05) is 41.8 Å². The molecule has 30 heavy (non-hydrogen) atoms. The van der Waals surface area contributed by atoms with Crippen molar-refractivity contribution in [3.8, 4) is 0 Å². The molecule has 0 saturated heterocycles. The first-order valence-corrected chi connectivity index (χ1v) is 11.4. The summed E-state index contributed by atoms with van der Waals surface area (Å²) < 4.78 is 28.1. The van der Waals surface area contributed by atoms with E-state index in [1.807, 2.05) is 6.07 Å². The Bertz CT molecular complexity index is 1170. The monoisotopic (exact) mass is 441 g/mol. The molecule has 1 N–H and O–H groups in total. The molecule has 1 amide bonds. The predicted molar refractivity (Wildman–Crippen MR) is 116 cm³/mol. The summed E-state index contributed by atoms with van der Waals surface area (Å²) in [6.07, 6.45) is 4.73. The van der Waals surface area contributed by atoms with E-state index in [1.165, 1.54) is 6.07 Å². The molecule has 0 saturated carbocycles. The maximum absolute atomic E-state index is 13.0. The number of sulfonamides is 1. The number of rotatable bonds is 5. The van der Waals surface area contributed by atoms with E-state index in [1.54, 1.807) is 59.8 Å². The van der Waals surface area contributed by atoms with E-state index in [0.29, 0.717) is 23.6 Å². The van der Waals surface area contributed by atoms with Crippen molar-refractivity contribution in [3.63, 3.8) is 0 Å². The lowest BCUT2D eigenvalue weighted by Crippen LogP contribution is -2.35. The molecule has 4 rings (SSSR count). The van der Waals surface area contributed by atoms with Gasteiger partial charge < -0.3 is 4.90 Å². The highest BCUT2D eigenvalue weighted by Crippen LogP contribution is 2.31. The van der Waals surface area contributed by atoms with Crippen molar-refractivity contribution >= 4 is 33.2 Å². The fourth-order valence-corrected chi connectivity index (χ4v) is 4.66. The quantitative estimate of drug-likeness (QED) is 0.653. The number of carbonyl (C=O) groups is 1. The number of amides is 1. The van der Waals surface area contributed by atoms with Gasteiger partial charge in [-0.3, -0.25) is 9.78 Å². The summed E-state index contributed by atoms with van der Waals surface area (Å²) in [5.41, 5.74) is 2.90. The van der Waals surface area contributed by atoms with Gasteiger partial charge in [0.1, 0.15) is 0 Å². The van der Waals surface area contributed by atoms with Crippen LogP contribution in [0, 0.1) is 0 Å². The molecule has 0 bridgehead atoms. The first-order valence-electron chi connectivity index (χ1n) is 9.53. The highest BCUT2D eigenvalue weighted by Gasteiger charge is 2.25. The fourth-order valence-electron chi connectivity index (χ4n) is 3.46. The maximum atomic E-state index is 13.0. The molecule has 6 nitrogen and oxygen atoms in total. The zero-order valence-corrected chi connectivity index (χ0v) is 17.7. The number of hydrogen-bond donors (Lipinski definition) is 1. The van der Waals surface area contributed by atoms with Crippen molar-refractivity contribution in [2.24, 2.45) is 0 Å². The molecular weight excluding hydrogens is 422 g/mol. The first-order chi connectivity index (χ1) is 14.4. The Morgan fingerprint density at radius 1 is 1.13 bits per heavy atom. The molecule has 1 aliphatic heterocycles. The molecule has 0 spiro atoms. The van der Waals surface area contributed by atoms with E-state index in [9.17, 15) is 13.2 Å². The number of hydrogen-bond acceptors (Lipinski definition) is 4. The van der Waals surface area contributed by atoms with Crippen LogP contribution in [0.2, 0.25) is 5.02 Å². The van der Waals surface area contributed by atoms with Crippen LogP contribution in [0.3, 0.4) is 0 Å². The molecule has 0 radical (unpaired) electrons. The van der Waals surface area contributed by atoms with Gasteiger partial charge in [-0.05, 0) is 72.5 Å². The van der Waals surface area contributed by atoms with Gasteiger partial charge in [-0.15, -0.1) is 0 Å². The number of halogens is 1. The smallest absolute Gasteiger partial charge is 0.258 e. The molecule has 0 unspecified atom stereocenters. The number of aryl methyl sites for hydroxylation is 1. The SMILES string of the molecule is O=C(c1ccc(Cl)cc1)N1CCCc2cc(S(=O)(=O)NCc3cccnc3)ccc21. The normalized spacial score (nSPS) is 13.7. The third-order valence-corrected chi connectivity index (χ3v) is 6.66. The second kappa shape index (κ2) is 8.55. The van der Waals surface area contributed by atoms with Crippen LogP contribution < -0.4 is 9.62 Å². The van der Waals surface area contributed by atoms with Crippen molar-refractivity contribution in [1.82, 2.24) is 9.71 Å². The summed E-state index contributed by atoms with van der Waals surface area (Å²) in [7, 11) is -3.68. The lowest BCUT2D eigenvalue weighted by atomic mass is 10.0. The molecule has 2 heterocycles. The van der Waals surface area contributed by atoms with Gasteiger partial charge in [-0.25, -0.2) is 13.1 Å². The second-order valence-corrected chi connectivity index (χ2v) is 9.25. The summed E-state index contributed by atoms with van der Waals surface area (Å²) in [5, 5.41) is 0.569. The van der Waals surface area contributed by atoms with Crippen LogP contribution in [-0.4, -0.2) is 25.9 Å². The molecule has 2 aromatic carbocycles. The lowest BCUT2D eigenvalue weighted by molar-refractivity contribution is 0.0985. The molecule has 1 aliphatic rings. The van der Waals surface area contributed by atoms with E-state index >= 15 is 0 Å². The number of aromatic nitrogens is 1. The molecule has 0 fully saturated rings. The van der Waals surface area contributed by atoms with E-state index in [0.717, 1.165) is 23.2 Å². The minimum absolute atomic E-state index is 0.127. The van der Waals surface area contributed by atoms with Crippen molar-refractivity contribution < 1.29 is 13.2 Å². The Hall–Kier alpha value is -2.74. The first kappa shape index (κ1) is 20.5. The summed E-state index contributed by atoms with van der Waals surface area (Å²) in [6, 6.07) is 15.2. The lowest BCUT2D eigenvalue weighted by Gasteiger charge is -2.30. The number of benzene rings is 2. The Morgan fingerprint density at radius 3 is 2.67 bits per heavy atom. The van der Waals surface area contributed by atoms with E-state index in [4.69, 9.17) is 11.6 Å². The topological polar surface area (TPSA) is 79.4 Å². The molecule has 3 aromatic rings. The van der Waals surface area contributed by atoms with E-state index in [-0.39, 0.29) is 17.3 Å². The van der Waals surface area contributed by atoms with Gasteiger partial charge in [0.15, 0.2) is 0 Å². The van der Waals surface area contributed by atoms with Crippen molar-refractivity contribution in [1.29, 1.82) is 0 Å². The van der Waals surface area contributed by atoms with E-state index in [2.05, 4.69) is 9.71 Å². The highest BCUT2D eigenvalue weighted by atomic mass is 35.5. The van der Waals surface area contributed by atoms with Crippen LogP contribution in [0.4, 0.5) is 5.69 Å². The van der Waals surface area contributed by atoms with Crippen LogP contribution in [0.5, 0.6) is 0 Å². The summed E-state index contributed by atoms with van der Waals surface area (Å²) in [4.78, 5) is 18.8. The summed E-state index contributed by atoms with van der Waals surface area (Å²) in [5.74, 6) is -0.127. The van der Waals surface area contributed by atoms with Crippen LogP contribution in [0.15, 0.2) is 71.9 Å². The number of pyridine rings is 1. The standard InChI is InChI=1S/C22H20ClN3O3S/c23-19-7-5-17(6-8-19)22(27)26-12-2-4-18-13-20(9-10-21(18)26)30(28,29)25-15-16-3-1-11-24-14-16/h1,3,5-11,13-14,25H,2,4,12,15H2. The number of carbonyl (C=O) groups excluding carboxylic acids is 1. The molecule has 154 valence electrons. The summed E-state index contributed by atoms with van der Waals surface area (Å²) >= 11 is 5.92. The van der Waals surface area contributed by atoms with Gasteiger partial charge in [-0.1, -0.05) is 17.7 Å². The Morgan fingerprint density at radius 2 is 1.93 bits per heavy atom. The minimum atomic E-state index is -3.68. The molecule has 0 atom stereocenters. The van der Waals surface area contributed by atoms with Gasteiger partial charge >= 0.3 is 0 Å². The number of nitrogens with zero attached hydrogens (tertiary/aromatic N) is 2. The molecular formula is C22H20ClN3O3S. The predicted octanol–water partition coefficient (Wildman–Crippen LogP) is 3.81. The Balaban J connectivity index is 1.57. The van der Waals surface area contributed by atoms with Crippen LogP contribution in [-0.2, 0) is 23.0 Å². The fraction of sp³-hybridized carbons (Fsp3) is 0.182. The zero-order chi connectivity index (χ0) is 21.1. The second-order valence-electron chi connectivity index (χ2n) is 7.04. The molecule has 1 aromatic heterocycles. The summed E-state index contributed by atoms with van der Waals surface area (Å²) in [6.45, 7) is 0.744. The number of anilines is 1. The molecule has 8 heteroatoms. The van der Waals surface area contributed by atoms with Gasteiger partial charge in [0.25, 0.3) is 5.91 Å². The minimum Gasteiger partial charge on any atom is -0.308 e. The van der Waals surface area contributed by atoms with Crippen LogP contribution in [0.1, 0.15) is 27.9 Å². The van der Waals surface area contributed by atoms with Crippen molar-refractivity contribution in [2.75, 3.05) is 11.4 Å². The largest absolute Gasteiger partial charge is 0.308 e. The molecule has 0 aliphatic carbocycles. The van der Waals surface area contributed by atoms with Crippen molar-refractivity contribution in [3.05, 3.63) is 88.7 Å². The van der Waals surface area contributed by atoms with Gasteiger partial charge in [0.2, 0.25) is 10.0 Å². The van der Waals surface area contributed by atoms with Gasteiger partial charge in [-0.2, -0.15) is 0 Å². The van der Waals surface area contributed by atoms with Crippen LogP contribution in [0.25, 0.3) is 0 Å². The number of fused-ring (bicyclic) bond motifs is 1. The van der Waals surface area contributed by atoms with Gasteiger partial charge in [0.05, 0.1) is 4.90 Å². The van der Waals surface area contributed by atoms with Crippen molar-refractivity contribution in [2.45, 2.75) is 24.3 Å². The average molecular weight is 442 g/mol.